The van der Waals surface area contributed by atoms with Gasteiger partial charge in [0.15, 0.2) is 0 Å². The Morgan fingerprint density at radius 2 is 2.05 bits per heavy atom. The number of halogens is 3. The standard InChI is InChI=1S/C12H13F3N2O2S/c1-6(19-2)11(18)17-7-3-4-8(10(16)20)9(5-7)12(13,14)15/h3-6H,1-2H3,(H2,16,20)(H,17,18). The van der Waals surface area contributed by atoms with Crippen LogP contribution in [0.3, 0.4) is 0 Å². The van der Waals surface area contributed by atoms with Gasteiger partial charge in [-0.1, -0.05) is 12.2 Å². The minimum atomic E-state index is -4.62. The maximum Gasteiger partial charge on any atom is 0.417 e. The SMILES string of the molecule is COC(C)C(=O)Nc1ccc(C(N)=S)c(C(F)(F)F)c1. The van der Waals surface area contributed by atoms with Crippen molar-refractivity contribution in [2.45, 2.75) is 19.2 Å². The smallest absolute Gasteiger partial charge is 0.389 e. The number of nitrogens with one attached hydrogen (secondary N) is 1. The number of anilines is 1. The van der Waals surface area contributed by atoms with Gasteiger partial charge < -0.3 is 15.8 Å². The Morgan fingerprint density at radius 1 is 1.45 bits per heavy atom. The van der Waals surface area contributed by atoms with E-state index < -0.39 is 23.8 Å². The van der Waals surface area contributed by atoms with Crippen molar-refractivity contribution in [3.05, 3.63) is 29.3 Å². The maximum absolute atomic E-state index is 12.9. The zero-order valence-electron chi connectivity index (χ0n) is 10.7. The number of nitrogens with two attached hydrogens (primary N) is 1. The first-order valence-corrected chi connectivity index (χ1v) is 5.92. The quantitative estimate of drug-likeness (QED) is 0.838. The average molecular weight is 306 g/mol. The molecule has 0 heterocycles. The summed E-state index contributed by atoms with van der Waals surface area (Å²) >= 11 is 4.58. The summed E-state index contributed by atoms with van der Waals surface area (Å²) in [7, 11) is 1.32. The summed E-state index contributed by atoms with van der Waals surface area (Å²) in [6, 6.07) is 3.21. The van der Waals surface area contributed by atoms with E-state index in [9.17, 15) is 18.0 Å². The van der Waals surface area contributed by atoms with Crippen LogP contribution in [0.25, 0.3) is 0 Å². The van der Waals surface area contributed by atoms with Gasteiger partial charge in [0, 0.05) is 18.4 Å². The molecule has 0 aliphatic rings. The molecule has 8 heteroatoms. The van der Waals surface area contributed by atoms with E-state index in [4.69, 9.17) is 10.5 Å². The predicted molar refractivity (Wildman–Crippen MR) is 72.4 cm³/mol. The van der Waals surface area contributed by atoms with E-state index in [2.05, 4.69) is 17.5 Å². The monoisotopic (exact) mass is 306 g/mol. The molecular weight excluding hydrogens is 293 g/mol. The van der Waals surface area contributed by atoms with Gasteiger partial charge in [-0.15, -0.1) is 0 Å². The van der Waals surface area contributed by atoms with Crippen molar-refractivity contribution >= 4 is 28.8 Å². The lowest BCUT2D eigenvalue weighted by atomic mass is 10.1. The van der Waals surface area contributed by atoms with Crippen molar-refractivity contribution in [1.29, 1.82) is 0 Å². The van der Waals surface area contributed by atoms with Crippen molar-refractivity contribution in [2.75, 3.05) is 12.4 Å². The van der Waals surface area contributed by atoms with E-state index in [1.54, 1.807) is 0 Å². The van der Waals surface area contributed by atoms with Crippen LogP contribution in [-0.2, 0) is 15.7 Å². The third-order valence-electron chi connectivity index (χ3n) is 2.58. The molecule has 0 fully saturated rings. The number of carbonyl (C=O) groups excluding carboxylic acids is 1. The summed E-state index contributed by atoms with van der Waals surface area (Å²) < 4.78 is 43.5. The number of rotatable bonds is 4. The average Bonchev–Trinajstić information content (AvgIpc) is 2.36. The van der Waals surface area contributed by atoms with Crippen molar-refractivity contribution in [2.24, 2.45) is 5.73 Å². The Morgan fingerprint density at radius 3 is 2.50 bits per heavy atom. The number of hydrogen-bond acceptors (Lipinski definition) is 3. The lowest BCUT2D eigenvalue weighted by Gasteiger charge is -2.15. The Hall–Kier alpha value is -1.67. The highest BCUT2D eigenvalue weighted by Gasteiger charge is 2.34. The molecule has 0 aliphatic heterocycles. The molecule has 0 saturated carbocycles. The van der Waals surface area contributed by atoms with E-state index >= 15 is 0 Å². The minimum Gasteiger partial charge on any atom is -0.389 e. The van der Waals surface area contributed by atoms with Gasteiger partial charge in [-0.3, -0.25) is 4.79 Å². The molecule has 0 saturated heterocycles. The van der Waals surface area contributed by atoms with Gasteiger partial charge in [-0.05, 0) is 25.1 Å². The number of thiocarbonyl (C=S) groups is 1. The molecule has 1 amide bonds. The van der Waals surface area contributed by atoms with Gasteiger partial charge in [-0.2, -0.15) is 13.2 Å². The summed E-state index contributed by atoms with van der Waals surface area (Å²) in [5.41, 5.74) is 3.97. The molecule has 1 aromatic carbocycles. The highest BCUT2D eigenvalue weighted by atomic mass is 32.1. The lowest BCUT2D eigenvalue weighted by molar-refractivity contribution is -0.137. The van der Waals surface area contributed by atoms with Crippen LogP contribution in [0.15, 0.2) is 18.2 Å². The summed E-state index contributed by atoms with van der Waals surface area (Å²) in [6.45, 7) is 1.48. The summed E-state index contributed by atoms with van der Waals surface area (Å²) in [6.07, 6.45) is -5.40. The molecule has 4 nitrogen and oxygen atoms in total. The van der Waals surface area contributed by atoms with Gasteiger partial charge >= 0.3 is 6.18 Å². The second-order valence-electron chi connectivity index (χ2n) is 3.99. The van der Waals surface area contributed by atoms with Gasteiger partial charge in [-0.25, -0.2) is 0 Å². The molecular formula is C12H13F3N2O2S. The largest absolute Gasteiger partial charge is 0.417 e. The summed E-state index contributed by atoms with van der Waals surface area (Å²) in [5.74, 6) is -0.552. The van der Waals surface area contributed by atoms with E-state index in [1.807, 2.05) is 0 Å². The number of carbonyl (C=O) groups is 1. The van der Waals surface area contributed by atoms with Gasteiger partial charge in [0.2, 0.25) is 0 Å². The first-order valence-electron chi connectivity index (χ1n) is 5.51. The van der Waals surface area contributed by atoms with E-state index in [1.165, 1.54) is 20.1 Å². The first-order chi connectivity index (χ1) is 9.16. The number of amides is 1. The highest BCUT2D eigenvalue weighted by molar-refractivity contribution is 7.80. The number of ether oxygens (including phenoxy) is 1. The van der Waals surface area contributed by atoms with Crippen LogP contribution in [0.4, 0.5) is 18.9 Å². The van der Waals surface area contributed by atoms with Gasteiger partial charge in [0.1, 0.15) is 11.1 Å². The molecule has 1 aromatic rings. The van der Waals surface area contributed by atoms with E-state index in [0.29, 0.717) is 0 Å². The molecule has 0 aliphatic carbocycles. The fourth-order valence-electron chi connectivity index (χ4n) is 1.42. The van der Waals surface area contributed by atoms with Crippen LogP contribution in [0.1, 0.15) is 18.1 Å². The normalized spacial score (nSPS) is 12.8. The second-order valence-corrected chi connectivity index (χ2v) is 4.43. The molecule has 20 heavy (non-hydrogen) atoms. The van der Waals surface area contributed by atoms with Crippen LogP contribution in [0.5, 0.6) is 0 Å². The maximum atomic E-state index is 12.9. The predicted octanol–water partition coefficient (Wildman–Crippen LogP) is 2.31. The van der Waals surface area contributed by atoms with E-state index in [-0.39, 0.29) is 16.2 Å². The van der Waals surface area contributed by atoms with Crippen LogP contribution in [0, 0.1) is 0 Å². The number of alkyl halides is 3. The molecule has 1 atom stereocenters. The Kier molecular flexibility index (Phi) is 5.07. The fourth-order valence-corrected chi connectivity index (χ4v) is 1.60. The van der Waals surface area contributed by atoms with Crippen LogP contribution in [0.2, 0.25) is 0 Å². The molecule has 0 radical (unpaired) electrons. The zero-order valence-corrected chi connectivity index (χ0v) is 11.6. The number of hydrogen-bond donors (Lipinski definition) is 2. The molecule has 1 unspecified atom stereocenters. The van der Waals surface area contributed by atoms with Crippen molar-refractivity contribution in [3.8, 4) is 0 Å². The molecule has 3 N–H and O–H groups in total. The first kappa shape index (κ1) is 16.4. The molecule has 0 aromatic heterocycles. The molecule has 0 spiro atoms. The second kappa shape index (κ2) is 6.19. The van der Waals surface area contributed by atoms with Gasteiger partial charge in [0.05, 0.1) is 5.56 Å². The summed E-state index contributed by atoms with van der Waals surface area (Å²) in [4.78, 5) is 11.2. The molecule has 110 valence electrons. The Bertz CT molecular complexity index is 532. The number of methoxy groups -OCH3 is 1. The Labute approximate surface area is 119 Å². The van der Waals surface area contributed by atoms with Crippen LogP contribution < -0.4 is 11.1 Å². The van der Waals surface area contributed by atoms with Crippen molar-refractivity contribution in [1.82, 2.24) is 0 Å². The fraction of sp³-hybridized carbons (Fsp3) is 0.333. The zero-order chi connectivity index (χ0) is 15.5. The molecule has 0 bridgehead atoms. The third-order valence-corrected chi connectivity index (χ3v) is 2.80. The minimum absolute atomic E-state index is 0.00812. The third kappa shape index (κ3) is 3.91. The lowest BCUT2D eigenvalue weighted by Crippen LogP contribution is -2.27. The Balaban J connectivity index is 3.14. The molecule has 1 rings (SSSR count). The van der Waals surface area contributed by atoms with Crippen molar-refractivity contribution in [3.63, 3.8) is 0 Å². The summed E-state index contributed by atoms with van der Waals surface area (Å²) in [5, 5.41) is 2.32. The highest BCUT2D eigenvalue weighted by Crippen LogP contribution is 2.33. The van der Waals surface area contributed by atoms with E-state index in [0.717, 1.165) is 12.1 Å². The topological polar surface area (TPSA) is 64.3 Å². The van der Waals surface area contributed by atoms with Crippen molar-refractivity contribution < 1.29 is 22.7 Å². The van der Waals surface area contributed by atoms with Crippen LogP contribution in [-0.4, -0.2) is 24.1 Å². The van der Waals surface area contributed by atoms with Crippen LogP contribution >= 0.6 is 12.2 Å². The van der Waals surface area contributed by atoms with Gasteiger partial charge in [0.25, 0.3) is 5.91 Å². The number of benzene rings is 1.